The number of rotatable bonds is 3. The van der Waals surface area contributed by atoms with Gasteiger partial charge in [-0.25, -0.2) is 9.78 Å². The van der Waals surface area contributed by atoms with Gasteiger partial charge in [0, 0.05) is 11.3 Å². The number of thiazole rings is 1. The molecule has 0 aromatic carbocycles. The predicted octanol–water partition coefficient (Wildman–Crippen LogP) is 2.84. The van der Waals surface area contributed by atoms with Crippen molar-refractivity contribution in [3.8, 4) is 0 Å². The SMILES string of the molecule is CC(C)c1nc(C(C)(C)N=C=O)cs1. The van der Waals surface area contributed by atoms with Crippen LogP contribution in [0.1, 0.15) is 44.3 Å². The highest BCUT2D eigenvalue weighted by atomic mass is 32.1. The summed E-state index contributed by atoms with van der Waals surface area (Å²) in [5, 5.41) is 3.03. The molecule has 3 nitrogen and oxygen atoms in total. The first kappa shape index (κ1) is 11.1. The summed E-state index contributed by atoms with van der Waals surface area (Å²) >= 11 is 1.61. The summed E-state index contributed by atoms with van der Waals surface area (Å²) in [7, 11) is 0. The Morgan fingerprint density at radius 2 is 2.21 bits per heavy atom. The van der Waals surface area contributed by atoms with Crippen molar-refractivity contribution in [2.24, 2.45) is 4.99 Å². The Labute approximate surface area is 87.9 Å². The number of aliphatic imine (C=N–C) groups is 1. The van der Waals surface area contributed by atoms with E-state index < -0.39 is 5.54 Å². The number of aromatic nitrogens is 1. The molecular formula is C10H14N2OS. The second-order valence-corrected chi connectivity index (χ2v) is 4.88. The van der Waals surface area contributed by atoms with Gasteiger partial charge < -0.3 is 0 Å². The Kier molecular flexibility index (Phi) is 3.19. The quantitative estimate of drug-likeness (QED) is 0.568. The molecule has 0 N–H and O–H groups in total. The highest BCUT2D eigenvalue weighted by Gasteiger charge is 2.23. The molecule has 0 aliphatic carbocycles. The second-order valence-electron chi connectivity index (χ2n) is 3.99. The van der Waals surface area contributed by atoms with E-state index in [1.54, 1.807) is 17.4 Å². The van der Waals surface area contributed by atoms with Crippen LogP contribution >= 0.6 is 11.3 Å². The summed E-state index contributed by atoms with van der Waals surface area (Å²) in [6, 6.07) is 0. The molecule has 0 spiro atoms. The third-order valence-electron chi connectivity index (χ3n) is 1.97. The Bertz CT molecular complexity index is 362. The maximum Gasteiger partial charge on any atom is 0.235 e. The molecule has 4 heteroatoms. The first-order valence-electron chi connectivity index (χ1n) is 4.52. The van der Waals surface area contributed by atoms with E-state index in [0.717, 1.165) is 10.7 Å². The van der Waals surface area contributed by atoms with Crippen LogP contribution in [0, 0.1) is 0 Å². The van der Waals surface area contributed by atoms with Crippen molar-refractivity contribution in [1.29, 1.82) is 0 Å². The van der Waals surface area contributed by atoms with Crippen molar-refractivity contribution in [3.05, 3.63) is 16.1 Å². The van der Waals surface area contributed by atoms with Crippen molar-refractivity contribution in [2.75, 3.05) is 0 Å². The van der Waals surface area contributed by atoms with Gasteiger partial charge in [0.25, 0.3) is 0 Å². The smallest absolute Gasteiger partial charge is 0.235 e. The van der Waals surface area contributed by atoms with Gasteiger partial charge in [-0.15, -0.1) is 11.3 Å². The number of hydrogen-bond donors (Lipinski definition) is 0. The molecule has 0 amide bonds. The molecule has 1 rings (SSSR count). The molecular weight excluding hydrogens is 196 g/mol. The van der Waals surface area contributed by atoms with Gasteiger partial charge in [-0.1, -0.05) is 13.8 Å². The minimum absolute atomic E-state index is 0.421. The van der Waals surface area contributed by atoms with Gasteiger partial charge in [0.05, 0.1) is 10.7 Å². The van der Waals surface area contributed by atoms with Crippen LogP contribution in [0.15, 0.2) is 10.4 Å². The topological polar surface area (TPSA) is 42.3 Å². The Morgan fingerprint density at radius 3 is 2.64 bits per heavy atom. The number of hydrogen-bond acceptors (Lipinski definition) is 4. The molecule has 0 aliphatic heterocycles. The average Bonchev–Trinajstić information content (AvgIpc) is 2.51. The first-order chi connectivity index (χ1) is 6.47. The third-order valence-corrected chi connectivity index (χ3v) is 3.11. The molecule has 1 aromatic rings. The zero-order valence-corrected chi connectivity index (χ0v) is 9.68. The Balaban J connectivity index is 3.02. The predicted molar refractivity (Wildman–Crippen MR) is 57.4 cm³/mol. The normalized spacial score (nSPS) is 11.5. The summed E-state index contributed by atoms with van der Waals surface area (Å²) in [6.45, 7) is 7.91. The van der Waals surface area contributed by atoms with E-state index in [2.05, 4.69) is 23.8 Å². The van der Waals surface area contributed by atoms with Gasteiger partial charge in [0.2, 0.25) is 6.08 Å². The van der Waals surface area contributed by atoms with Crippen LogP contribution in [0.3, 0.4) is 0 Å². The maximum atomic E-state index is 10.2. The molecule has 0 atom stereocenters. The molecule has 0 saturated heterocycles. The van der Waals surface area contributed by atoms with E-state index in [1.165, 1.54) is 0 Å². The van der Waals surface area contributed by atoms with Gasteiger partial charge in [0.15, 0.2) is 0 Å². The van der Waals surface area contributed by atoms with Crippen molar-refractivity contribution in [3.63, 3.8) is 0 Å². The lowest BCUT2D eigenvalue weighted by Crippen LogP contribution is -2.14. The van der Waals surface area contributed by atoms with E-state index in [9.17, 15) is 4.79 Å². The van der Waals surface area contributed by atoms with E-state index in [1.807, 2.05) is 19.2 Å². The van der Waals surface area contributed by atoms with Crippen LogP contribution in [0.2, 0.25) is 0 Å². The van der Waals surface area contributed by atoms with Gasteiger partial charge in [-0.05, 0) is 13.8 Å². The van der Waals surface area contributed by atoms with Crippen LogP contribution in [0.5, 0.6) is 0 Å². The highest BCUT2D eigenvalue weighted by Crippen LogP contribution is 2.28. The molecule has 0 aliphatic rings. The molecule has 0 saturated carbocycles. The standard InChI is InChI=1S/C10H14N2OS/c1-7(2)9-12-8(5-14-9)10(3,4)11-6-13/h5,7H,1-4H3. The van der Waals surface area contributed by atoms with Crippen molar-refractivity contribution in [1.82, 2.24) is 4.98 Å². The Hall–Kier alpha value is -0.990. The fourth-order valence-electron chi connectivity index (χ4n) is 1.01. The van der Waals surface area contributed by atoms with E-state index in [0.29, 0.717) is 5.92 Å². The molecule has 14 heavy (non-hydrogen) atoms. The summed E-state index contributed by atoms with van der Waals surface area (Å²) in [6.07, 6.45) is 1.58. The third kappa shape index (κ3) is 2.28. The van der Waals surface area contributed by atoms with Crippen LogP contribution in [0.4, 0.5) is 0 Å². The summed E-state index contributed by atoms with van der Waals surface area (Å²) in [5.74, 6) is 0.421. The molecule has 0 unspecified atom stereocenters. The number of nitrogens with zero attached hydrogens (tertiary/aromatic N) is 2. The lowest BCUT2D eigenvalue weighted by Gasteiger charge is -2.13. The zero-order chi connectivity index (χ0) is 10.8. The minimum atomic E-state index is -0.550. The van der Waals surface area contributed by atoms with Crippen molar-refractivity contribution < 1.29 is 4.79 Å². The van der Waals surface area contributed by atoms with Crippen LogP contribution < -0.4 is 0 Å². The fourth-order valence-corrected chi connectivity index (χ4v) is 2.00. The largest absolute Gasteiger partial charge is 0.243 e. The highest BCUT2D eigenvalue weighted by molar-refractivity contribution is 7.09. The fraction of sp³-hybridized carbons (Fsp3) is 0.600. The summed E-state index contributed by atoms with van der Waals surface area (Å²) in [5.41, 5.74) is 0.292. The monoisotopic (exact) mass is 210 g/mol. The first-order valence-corrected chi connectivity index (χ1v) is 5.40. The minimum Gasteiger partial charge on any atom is -0.243 e. The molecule has 0 bridgehead atoms. The number of carbonyl (C=O) groups excluding carboxylic acids is 1. The van der Waals surface area contributed by atoms with Crippen LogP contribution in [0.25, 0.3) is 0 Å². The molecule has 0 radical (unpaired) electrons. The average molecular weight is 210 g/mol. The lowest BCUT2D eigenvalue weighted by atomic mass is 10.0. The van der Waals surface area contributed by atoms with Gasteiger partial charge in [-0.3, -0.25) is 0 Å². The van der Waals surface area contributed by atoms with Gasteiger partial charge >= 0.3 is 0 Å². The molecule has 1 heterocycles. The molecule has 76 valence electrons. The summed E-state index contributed by atoms with van der Waals surface area (Å²) < 4.78 is 0. The Morgan fingerprint density at radius 1 is 1.57 bits per heavy atom. The number of isocyanates is 1. The van der Waals surface area contributed by atoms with Gasteiger partial charge in [0.1, 0.15) is 5.54 Å². The van der Waals surface area contributed by atoms with E-state index >= 15 is 0 Å². The second kappa shape index (κ2) is 4.03. The summed E-state index contributed by atoms with van der Waals surface area (Å²) in [4.78, 5) is 18.4. The molecule has 0 fully saturated rings. The lowest BCUT2D eigenvalue weighted by molar-refractivity contribution is 0.513. The van der Waals surface area contributed by atoms with Gasteiger partial charge in [-0.2, -0.15) is 4.99 Å². The van der Waals surface area contributed by atoms with E-state index in [4.69, 9.17) is 0 Å². The van der Waals surface area contributed by atoms with Crippen LogP contribution in [-0.4, -0.2) is 11.1 Å². The van der Waals surface area contributed by atoms with E-state index in [-0.39, 0.29) is 0 Å². The van der Waals surface area contributed by atoms with Crippen molar-refractivity contribution >= 4 is 17.4 Å². The molecule has 1 aromatic heterocycles. The zero-order valence-electron chi connectivity index (χ0n) is 8.87. The van der Waals surface area contributed by atoms with Crippen molar-refractivity contribution in [2.45, 2.75) is 39.2 Å². The maximum absolute atomic E-state index is 10.2. The van der Waals surface area contributed by atoms with Crippen LogP contribution in [-0.2, 0) is 10.3 Å².